The number of rotatable bonds is 5. The molecule has 4 nitrogen and oxygen atoms in total. The lowest BCUT2D eigenvalue weighted by Gasteiger charge is -2.08. The average molecular weight is 293 g/mol. The Morgan fingerprint density at radius 1 is 1.26 bits per heavy atom. The first-order valence-corrected chi connectivity index (χ1v) is 6.07. The molecular weight excluding hydrogens is 283 g/mol. The number of benzene rings is 1. The second-order valence-electron chi connectivity index (χ2n) is 3.48. The standard InChI is InChI=1S/C11H10F3NO3S/c12-11(13,14)6-15-9(16)5-19-8-4-2-1-3-7(8)10(17)18/h1-4H,5-6H2,(H,15,16)(H,17,18). The highest BCUT2D eigenvalue weighted by molar-refractivity contribution is 8.00. The number of halogens is 3. The van der Waals surface area contributed by atoms with Crippen LogP contribution in [0, 0.1) is 0 Å². The molecule has 0 spiro atoms. The third kappa shape index (κ3) is 5.64. The van der Waals surface area contributed by atoms with Crippen molar-refractivity contribution in [2.24, 2.45) is 0 Å². The van der Waals surface area contributed by atoms with E-state index in [1.165, 1.54) is 18.2 Å². The van der Waals surface area contributed by atoms with Gasteiger partial charge in [-0.3, -0.25) is 4.79 Å². The first kappa shape index (κ1) is 15.4. The molecule has 104 valence electrons. The largest absolute Gasteiger partial charge is 0.478 e. The number of carboxylic acid groups (broad SMARTS) is 1. The molecular formula is C11H10F3NO3S. The Kier molecular flexibility index (Phi) is 5.22. The number of carbonyl (C=O) groups is 2. The number of hydrogen-bond acceptors (Lipinski definition) is 3. The topological polar surface area (TPSA) is 66.4 Å². The molecule has 0 fully saturated rings. The third-order valence-electron chi connectivity index (χ3n) is 1.96. The van der Waals surface area contributed by atoms with Crippen LogP contribution in [0.1, 0.15) is 10.4 Å². The van der Waals surface area contributed by atoms with Gasteiger partial charge in [-0.25, -0.2) is 4.79 Å². The molecule has 0 radical (unpaired) electrons. The summed E-state index contributed by atoms with van der Waals surface area (Å²) >= 11 is 0.874. The van der Waals surface area contributed by atoms with Crippen molar-refractivity contribution in [3.63, 3.8) is 0 Å². The fraction of sp³-hybridized carbons (Fsp3) is 0.273. The van der Waals surface area contributed by atoms with Crippen LogP contribution in [0.15, 0.2) is 29.2 Å². The lowest BCUT2D eigenvalue weighted by atomic mass is 10.2. The number of alkyl halides is 3. The van der Waals surface area contributed by atoms with Crippen molar-refractivity contribution in [3.05, 3.63) is 29.8 Å². The SMILES string of the molecule is O=C(CSc1ccccc1C(=O)O)NCC(F)(F)F. The number of carbonyl (C=O) groups excluding carboxylic acids is 1. The van der Waals surface area contributed by atoms with Crippen molar-refractivity contribution >= 4 is 23.6 Å². The molecule has 0 atom stereocenters. The Morgan fingerprint density at radius 3 is 2.47 bits per heavy atom. The van der Waals surface area contributed by atoms with Gasteiger partial charge in [0.1, 0.15) is 6.54 Å². The normalized spacial score (nSPS) is 11.1. The van der Waals surface area contributed by atoms with Crippen molar-refractivity contribution < 1.29 is 27.9 Å². The average Bonchev–Trinajstić information content (AvgIpc) is 2.33. The van der Waals surface area contributed by atoms with Crippen molar-refractivity contribution in [3.8, 4) is 0 Å². The predicted molar refractivity (Wildman–Crippen MR) is 63.2 cm³/mol. The molecule has 2 N–H and O–H groups in total. The quantitative estimate of drug-likeness (QED) is 0.816. The van der Waals surface area contributed by atoms with Crippen LogP contribution in [-0.2, 0) is 4.79 Å². The number of nitrogens with one attached hydrogen (secondary N) is 1. The summed E-state index contributed by atoms with van der Waals surface area (Å²) in [5.74, 6) is -2.23. The molecule has 1 amide bonds. The van der Waals surface area contributed by atoms with Gasteiger partial charge in [0.15, 0.2) is 0 Å². The first-order valence-electron chi connectivity index (χ1n) is 5.08. The predicted octanol–water partition coefficient (Wildman–Crippen LogP) is 2.16. The molecule has 0 saturated carbocycles. The third-order valence-corrected chi connectivity index (χ3v) is 3.04. The molecule has 0 bridgehead atoms. The van der Waals surface area contributed by atoms with Crippen molar-refractivity contribution in [2.75, 3.05) is 12.3 Å². The zero-order valence-corrected chi connectivity index (χ0v) is 10.3. The van der Waals surface area contributed by atoms with Crippen LogP contribution >= 0.6 is 11.8 Å². The van der Waals surface area contributed by atoms with Gasteiger partial charge in [-0.2, -0.15) is 13.2 Å². The van der Waals surface area contributed by atoms with Crippen molar-refractivity contribution in [1.82, 2.24) is 5.32 Å². The second kappa shape index (κ2) is 6.46. The molecule has 1 aromatic rings. The van der Waals surface area contributed by atoms with Crippen LogP contribution in [0.25, 0.3) is 0 Å². The van der Waals surface area contributed by atoms with Gasteiger partial charge in [-0.15, -0.1) is 11.8 Å². The summed E-state index contributed by atoms with van der Waals surface area (Å²) < 4.78 is 35.5. The van der Waals surface area contributed by atoms with Crippen LogP contribution in [0.2, 0.25) is 0 Å². The molecule has 0 aliphatic carbocycles. The minimum absolute atomic E-state index is 0.0103. The summed E-state index contributed by atoms with van der Waals surface area (Å²) in [5.41, 5.74) is 0.0103. The molecule has 0 aromatic heterocycles. The van der Waals surface area contributed by atoms with E-state index in [1.54, 1.807) is 11.4 Å². The van der Waals surface area contributed by atoms with E-state index in [9.17, 15) is 22.8 Å². The van der Waals surface area contributed by atoms with Crippen LogP contribution in [0.3, 0.4) is 0 Å². The Morgan fingerprint density at radius 2 is 1.89 bits per heavy atom. The molecule has 0 unspecified atom stereocenters. The molecule has 1 rings (SSSR count). The molecule has 0 aliphatic rings. The fourth-order valence-corrected chi connectivity index (χ4v) is 2.04. The summed E-state index contributed by atoms with van der Waals surface area (Å²) in [7, 11) is 0. The van der Waals surface area contributed by atoms with Crippen LogP contribution in [0.5, 0.6) is 0 Å². The molecule has 1 aromatic carbocycles. The highest BCUT2D eigenvalue weighted by atomic mass is 32.2. The molecule has 0 aliphatic heterocycles. The first-order chi connectivity index (χ1) is 8.79. The Balaban J connectivity index is 2.53. The van der Waals surface area contributed by atoms with Crippen LogP contribution in [-0.4, -0.2) is 35.5 Å². The summed E-state index contributed by atoms with van der Waals surface area (Å²) in [6.07, 6.45) is -4.46. The zero-order valence-electron chi connectivity index (χ0n) is 9.53. The summed E-state index contributed by atoms with van der Waals surface area (Å²) in [4.78, 5) is 22.4. The van der Waals surface area contributed by atoms with E-state index in [1.807, 2.05) is 0 Å². The van der Waals surface area contributed by atoms with Gasteiger partial charge in [-0.1, -0.05) is 12.1 Å². The van der Waals surface area contributed by atoms with E-state index >= 15 is 0 Å². The molecule has 0 heterocycles. The van der Waals surface area contributed by atoms with Crippen LogP contribution in [0.4, 0.5) is 13.2 Å². The maximum Gasteiger partial charge on any atom is 0.405 e. The van der Waals surface area contributed by atoms with Gasteiger partial charge < -0.3 is 10.4 Å². The van der Waals surface area contributed by atoms with Gasteiger partial charge in [-0.05, 0) is 12.1 Å². The molecule has 19 heavy (non-hydrogen) atoms. The number of amides is 1. The highest BCUT2D eigenvalue weighted by Gasteiger charge is 2.27. The number of thioether (sulfide) groups is 1. The van der Waals surface area contributed by atoms with E-state index < -0.39 is 24.6 Å². The maximum absolute atomic E-state index is 11.8. The van der Waals surface area contributed by atoms with Crippen LogP contribution < -0.4 is 5.32 Å². The lowest BCUT2D eigenvalue weighted by Crippen LogP contribution is -2.34. The number of hydrogen-bond donors (Lipinski definition) is 2. The Labute approximate surface area is 111 Å². The van der Waals surface area contributed by atoms with E-state index in [4.69, 9.17) is 5.11 Å². The minimum Gasteiger partial charge on any atom is -0.478 e. The van der Waals surface area contributed by atoms with E-state index in [0.717, 1.165) is 11.8 Å². The smallest absolute Gasteiger partial charge is 0.405 e. The fourth-order valence-electron chi connectivity index (χ4n) is 1.16. The highest BCUT2D eigenvalue weighted by Crippen LogP contribution is 2.22. The zero-order chi connectivity index (χ0) is 14.5. The monoisotopic (exact) mass is 293 g/mol. The van der Waals surface area contributed by atoms with E-state index in [2.05, 4.69) is 0 Å². The summed E-state index contributed by atoms with van der Waals surface area (Å²) in [5, 5.41) is 10.6. The van der Waals surface area contributed by atoms with E-state index in [0.29, 0.717) is 4.90 Å². The van der Waals surface area contributed by atoms with Gasteiger partial charge in [0.25, 0.3) is 0 Å². The summed E-state index contributed by atoms with van der Waals surface area (Å²) in [6.45, 7) is -1.40. The van der Waals surface area contributed by atoms with Gasteiger partial charge in [0.05, 0.1) is 11.3 Å². The molecule has 0 saturated heterocycles. The Bertz CT molecular complexity index is 476. The van der Waals surface area contributed by atoms with Gasteiger partial charge in [0, 0.05) is 4.90 Å². The minimum atomic E-state index is -4.46. The second-order valence-corrected chi connectivity index (χ2v) is 4.50. The number of aromatic carboxylic acids is 1. The van der Waals surface area contributed by atoms with Crippen molar-refractivity contribution in [1.29, 1.82) is 0 Å². The van der Waals surface area contributed by atoms with Crippen molar-refractivity contribution in [2.45, 2.75) is 11.1 Å². The van der Waals surface area contributed by atoms with Gasteiger partial charge in [0.2, 0.25) is 5.91 Å². The lowest BCUT2D eigenvalue weighted by molar-refractivity contribution is -0.136. The maximum atomic E-state index is 11.8. The summed E-state index contributed by atoms with van der Waals surface area (Å²) in [6, 6.07) is 5.96. The van der Waals surface area contributed by atoms with E-state index in [-0.39, 0.29) is 11.3 Å². The Hall–Kier alpha value is -1.70. The van der Waals surface area contributed by atoms with Gasteiger partial charge >= 0.3 is 12.1 Å². The number of carboxylic acids is 1. The molecule has 8 heteroatoms.